The molecule has 14 rings (SSSR count). The molecule has 1 amide bonds. The number of nitrogens with zero attached hydrogens (tertiary/aromatic N) is 15. The van der Waals surface area contributed by atoms with Gasteiger partial charge in [0.1, 0.15) is 11.4 Å². The van der Waals surface area contributed by atoms with E-state index in [2.05, 4.69) is 56.9 Å². The van der Waals surface area contributed by atoms with E-state index in [1.807, 2.05) is 36.4 Å². The maximum Gasteiger partial charge on any atom is 0.465 e. The van der Waals surface area contributed by atoms with E-state index in [9.17, 15) is 46.5 Å². The summed E-state index contributed by atoms with van der Waals surface area (Å²) in [5.74, 6) is -1.25. The maximum absolute atomic E-state index is 12.9. The molecule has 97 heavy (non-hydrogen) atoms. The van der Waals surface area contributed by atoms with Crippen LogP contribution in [-0.4, -0.2) is 42.8 Å². The molecule has 0 bridgehead atoms. The lowest BCUT2D eigenvalue weighted by Gasteiger charge is -2.17. The Hall–Kier alpha value is -13.5. The summed E-state index contributed by atoms with van der Waals surface area (Å²) in [6, 6.07) is 58.7. The largest absolute Gasteiger partial charge is 0.739 e. The van der Waals surface area contributed by atoms with Gasteiger partial charge in [-0.1, -0.05) is 96.0 Å². The lowest BCUT2D eigenvalue weighted by Crippen LogP contribution is -2.43. The zero-order valence-corrected chi connectivity index (χ0v) is 51.6. The van der Waals surface area contributed by atoms with E-state index in [0.717, 1.165) is 10.9 Å². The number of carbonyl (C=O) groups excluding carboxylic acids is 1. The second kappa shape index (κ2) is 29.4. The van der Waals surface area contributed by atoms with Crippen molar-refractivity contribution in [2.24, 2.45) is 5.73 Å². The zero-order chi connectivity index (χ0) is 68.1. The number of carbonyl (C=O) groups is 1. The number of anilines is 9. The molecule has 0 radical (unpaired) electrons. The Morgan fingerprint density at radius 2 is 0.866 bits per heavy atom. The summed E-state index contributed by atoms with van der Waals surface area (Å²) in [5.41, 5.74) is 12.2. The van der Waals surface area contributed by atoms with Crippen molar-refractivity contribution in [3.05, 3.63) is 288 Å². The highest BCUT2D eigenvalue weighted by molar-refractivity contribution is 6.42. The third-order valence-electron chi connectivity index (χ3n) is 14.3. The van der Waals surface area contributed by atoms with Gasteiger partial charge in [0.25, 0.3) is 22.1 Å². The summed E-state index contributed by atoms with van der Waals surface area (Å²) in [4.78, 5) is 22.8. The van der Waals surface area contributed by atoms with Crippen LogP contribution in [0.25, 0.3) is 55.0 Å². The summed E-state index contributed by atoms with van der Waals surface area (Å²) >= 11 is 12.1. The van der Waals surface area contributed by atoms with Crippen LogP contribution in [0.15, 0.2) is 225 Å². The fourth-order valence-electron chi connectivity index (χ4n) is 9.60. The first-order valence-corrected chi connectivity index (χ1v) is 29.7. The van der Waals surface area contributed by atoms with Crippen molar-refractivity contribution in [1.82, 2.24) is 30.4 Å². The number of halogens is 2. The fraction of sp³-hybridized carbons (Fsp3) is 0.0462. The topological polar surface area (TPSA) is 420 Å². The van der Waals surface area contributed by atoms with Gasteiger partial charge < -0.3 is 52.7 Å². The van der Waals surface area contributed by atoms with Gasteiger partial charge in [-0.15, -0.1) is 0 Å². The molecule has 7 N–H and O–H groups in total. The van der Waals surface area contributed by atoms with Gasteiger partial charge in [0.2, 0.25) is 26.3 Å². The van der Waals surface area contributed by atoms with Gasteiger partial charge >= 0.3 is 23.8 Å². The van der Waals surface area contributed by atoms with E-state index in [0.29, 0.717) is 101 Å². The minimum Gasteiger partial charge on any atom is -0.739 e. The second-order valence-corrected chi connectivity index (χ2v) is 21.5. The first-order valence-electron chi connectivity index (χ1n) is 28.9. The molecule has 6 heterocycles. The Bertz CT molecular complexity index is 5270. The highest BCUT2D eigenvalue weighted by atomic mass is 35.5. The summed E-state index contributed by atoms with van der Waals surface area (Å²) in [6.07, 6.45) is 5.16. The molecule has 0 aliphatic heterocycles. The Balaban J connectivity index is 0.000000135. The highest BCUT2D eigenvalue weighted by Crippen LogP contribution is 2.30. The molecule has 482 valence electrons. The molecule has 0 fully saturated rings. The third-order valence-corrected chi connectivity index (χ3v) is 15.0. The van der Waals surface area contributed by atoms with Gasteiger partial charge in [0.15, 0.2) is 22.1 Å². The molecule has 32 heteroatoms. The zero-order valence-electron chi connectivity index (χ0n) is 50.1. The molecule has 30 nitrogen and oxygen atoms in total. The minimum absolute atomic E-state index is 0.0956. The monoisotopic (exact) mass is 1340 g/mol. The van der Waals surface area contributed by atoms with Crippen molar-refractivity contribution in [3.63, 3.8) is 0 Å². The number of aromatic nitrogens is 14. The Kier molecular flexibility index (Phi) is 19.7. The molecule has 1 unspecified atom stereocenters. The minimum atomic E-state index is -0.508. The molecule has 6 aromatic heterocycles. The van der Waals surface area contributed by atoms with Crippen LogP contribution in [0.4, 0.5) is 52.2 Å². The number of nitriles is 1. The first-order chi connectivity index (χ1) is 47.0. The van der Waals surface area contributed by atoms with E-state index in [1.54, 1.807) is 164 Å². The quantitative estimate of drug-likeness (QED) is 0.0492. The molecule has 0 saturated carbocycles. The molecule has 0 spiro atoms. The maximum atomic E-state index is 12.9. The van der Waals surface area contributed by atoms with Crippen molar-refractivity contribution in [2.75, 3.05) is 33.1 Å². The van der Waals surface area contributed by atoms with Gasteiger partial charge in [0, 0.05) is 60.9 Å². The fourth-order valence-corrected chi connectivity index (χ4v) is 9.91. The van der Waals surface area contributed by atoms with Gasteiger partial charge in [-0.3, -0.25) is 14.8 Å². The number of nitrogens with one attached hydrogen (secondary N) is 5. The van der Waals surface area contributed by atoms with Crippen LogP contribution in [0.2, 0.25) is 10.0 Å². The average Bonchev–Trinajstić information content (AvgIpc) is 0.848. The van der Waals surface area contributed by atoms with Crippen LogP contribution in [0.1, 0.15) is 23.5 Å². The highest BCUT2D eigenvalue weighted by Gasteiger charge is 2.26. The summed E-state index contributed by atoms with van der Waals surface area (Å²) in [6.45, 7) is 0.314. The standard InChI is InChI=1S/C23H20Cl2N6O3.C16H11N5O2.C14H9N5O2.C12H9N5O2/c24-18-10-5-14(13-19(18)25)17(11-12-26)22(32)27-15-6-8-16(9-7-15)28-23-29-31(34)21-4-2-1-3-20(21)30(23)33;22-20-14-7-3-4-8-15(14)21(23)19-16(20)18-12-9-11-5-1-2-6-13(11)17-10-12;15-9-10-5-7-11(8-6-10)16-14-17-19(21)13-4-2-1-3-12(13)18(14)20;18-16-10-5-1-2-6-11(10)17(19)15-12(16)14-9-4-3-7-13-8-9/h1-10,13,17H,11-12,26H2,(H,27,32)(H,28,29);1-10H,(H,18,19);1-8H,(H,16,17);1-8H,(H,14,15). The van der Waals surface area contributed by atoms with E-state index in [1.165, 1.54) is 30.5 Å². The molecule has 14 aromatic rings. The van der Waals surface area contributed by atoms with E-state index in [4.69, 9.17) is 34.2 Å². The van der Waals surface area contributed by atoms with Crippen LogP contribution in [-0.2, 0) is 4.79 Å². The van der Waals surface area contributed by atoms with Gasteiger partial charge in [0.05, 0.1) is 56.9 Å². The number of hydrogen-bond donors (Lipinski definition) is 6. The van der Waals surface area contributed by atoms with E-state index in [-0.39, 0.29) is 73.8 Å². The number of amides is 1. The van der Waals surface area contributed by atoms with Crippen molar-refractivity contribution in [2.45, 2.75) is 12.3 Å². The molecule has 1 atom stereocenters. The number of para-hydroxylation sites is 9. The van der Waals surface area contributed by atoms with Crippen molar-refractivity contribution >= 4 is 136 Å². The Morgan fingerprint density at radius 1 is 0.454 bits per heavy atom. The normalized spacial score (nSPS) is 11.0. The Labute approximate surface area is 557 Å². The molecular weight excluding hydrogens is 1290 g/mol. The van der Waals surface area contributed by atoms with Crippen LogP contribution in [0.3, 0.4) is 0 Å². The lowest BCUT2D eigenvalue weighted by atomic mass is 9.94. The van der Waals surface area contributed by atoms with Gasteiger partial charge in [-0.05, 0) is 128 Å². The molecule has 0 saturated heterocycles. The number of benzene rings is 8. The predicted molar refractivity (Wildman–Crippen MR) is 357 cm³/mol. The number of fused-ring (bicyclic) bond motifs is 5. The van der Waals surface area contributed by atoms with Crippen molar-refractivity contribution in [3.8, 4) is 6.07 Å². The first kappa shape index (κ1) is 65.0. The number of nitrogens with two attached hydrogens (primary N) is 1. The lowest BCUT2D eigenvalue weighted by molar-refractivity contribution is -0.672. The van der Waals surface area contributed by atoms with Crippen LogP contribution >= 0.6 is 23.2 Å². The van der Waals surface area contributed by atoms with Gasteiger partial charge in [-0.2, -0.15) is 5.26 Å². The predicted octanol–water partition coefficient (Wildman–Crippen LogP) is 7.17. The van der Waals surface area contributed by atoms with E-state index >= 15 is 0 Å². The van der Waals surface area contributed by atoms with Crippen LogP contribution < -0.4 is 70.6 Å². The molecule has 0 aliphatic carbocycles. The van der Waals surface area contributed by atoms with E-state index < -0.39 is 5.92 Å². The van der Waals surface area contributed by atoms with Crippen molar-refractivity contribution < 1.29 is 43.1 Å². The van der Waals surface area contributed by atoms with Crippen LogP contribution in [0, 0.1) is 53.0 Å². The second-order valence-electron chi connectivity index (χ2n) is 20.6. The average molecular weight is 1340 g/mol. The van der Waals surface area contributed by atoms with Crippen molar-refractivity contribution in [1.29, 1.82) is 5.26 Å². The number of rotatable bonds is 13. The Morgan fingerprint density at radius 3 is 1.30 bits per heavy atom. The van der Waals surface area contributed by atoms with Gasteiger partial charge in [-0.25, -0.2) is 40.2 Å². The smallest absolute Gasteiger partial charge is 0.465 e. The third kappa shape index (κ3) is 15.0. The molecular formula is C65H49Cl2N21O9. The van der Waals surface area contributed by atoms with Crippen LogP contribution in [0.5, 0.6) is 0 Å². The summed E-state index contributed by atoms with van der Waals surface area (Å²) < 4.78 is 2.28. The SMILES string of the molecule is N#Cc1ccc(Nc2n[n+]([O-])c3ccccc3[n+]2[O-])cc1.NCCC(C(=O)Nc1ccc(Nc2n[n+]([O-])c3ccccc3[n+]2[O-])cc1)c1ccc(Cl)c(Cl)c1.[O-][n+]1nc(Nc2cccnc2)[n+]([O-])c2ccccc21.[O-][n+]1nc(Nc2cnc3ccccc3c2)[n+]([O-])c2ccccc21. The molecule has 8 aromatic carbocycles. The molecule has 0 aliphatic rings. The summed E-state index contributed by atoms with van der Waals surface area (Å²) in [5, 5.41) is 136. The summed E-state index contributed by atoms with van der Waals surface area (Å²) in [7, 11) is 0. The number of pyridine rings is 2. The number of hydrogen-bond acceptors (Lipinski definition) is 21.